The molecule has 3 nitrogen and oxygen atoms in total. The molecule has 0 aromatic heterocycles. The summed E-state index contributed by atoms with van der Waals surface area (Å²) in [5.41, 5.74) is 0. The normalized spacial score (nSPS) is 36.2. The highest BCUT2D eigenvalue weighted by Gasteiger charge is 2.41. The fraction of sp³-hybridized carbons (Fsp3) is 1.00. The van der Waals surface area contributed by atoms with Gasteiger partial charge < -0.3 is 14.0 Å². The standard InChI is InChI=1S/C15H30NO2/c1-13(2)10-15(3)17-12-14(18-15)11-16(4)8-6-5-7-9-16/h13-14H,5-12H2,1-4H3/q+1/t14-,15-/m1/s1. The molecule has 2 atom stereocenters. The van der Waals surface area contributed by atoms with Gasteiger partial charge in [-0.15, -0.1) is 0 Å². The molecular weight excluding hydrogens is 226 g/mol. The van der Waals surface area contributed by atoms with Gasteiger partial charge >= 0.3 is 0 Å². The van der Waals surface area contributed by atoms with Crippen molar-refractivity contribution in [2.24, 2.45) is 5.92 Å². The Morgan fingerprint density at radius 2 is 1.89 bits per heavy atom. The summed E-state index contributed by atoms with van der Waals surface area (Å²) in [6.07, 6.45) is 5.42. The van der Waals surface area contributed by atoms with Gasteiger partial charge in [-0.25, -0.2) is 0 Å². The van der Waals surface area contributed by atoms with Crippen molar-refractivity contribution in [1.29, 1.82) is 0 Å². The van der Waals surface area contributed by atoms with Crippen LogP contribution in [0.1, 0.15) is 46.5 Å². The highest BCUT2D eigenvalue weighted by molar-refractivity contribution is 4.76. The van der Waals surface area contributed by atoms with Crippen LogP contribution in [0.5, 0.6) is 0 Å². The van der Waals surface area contributed by atoms with E-state index in [0.29, 0.717) is 5.92 Å². The van der Waals surface area contributed by atoms with Gasteiger partial charge in [-0.05, 0) is 32.1 Å². The molecule has 0 amide bonds. The second-order valence-electron chi connectivity index (χ2n) is 7.09. The van der Waals surface area contributed by atoms with Crippen molar-refractivity contribution in [3.63, 3.8) is 0 Å². The second-order valence-corrected chi connectivity index (χ2v) is 7.09. The monoisotopic (exact) mass is 256 g/mol. The SMILES string of the molecule is CC(C)C[C@]1(C)OC[C@@H](C[N+]2(C)CCCCC2)O1. The molecule has 2 rings (SSSR count). The van der Waals surface area contributed by atoms with E-state index in [2.05, 4.69) is 27.8 Å². The second kappa shape index (κ2) is 5.48. The molecule has 0 spiro atoms. The van der Waals surface area contributed by atoms with E-state index in [0.717, 1.165) is 19.6 Å². The van der Waals surface area contributed by atoms with Crippen molar-refractivity contribution in [3.05, 3.63) is 0 Å². The van der Waals surface area contributed by atoms with Gasteiger partial charge in [-0.3, -0.25) is 0 Å². The number of piperidine rings is 1. The minimum Gasteiger partial charge on any atom is -0.347 e. The highest BCUT2D eigenvalue weighted by atomic mass is 16.7. The molecule has 106 valence electrons. The van der Waals surface area contributed by atoms with Crippen LogP contribution >= 0.6 is 0 Å². The molecule has 2 aliphatic heterocycles. The zero-order valence-electron chi connectivity index (χ0n) is 12.6. The van der Waals surface area contributed by atoms with E-state index in [9.17, 15) is 0 Å². The molecule has 0 bridgehead atoms. The van der Waals surface area contributed by atoms with Gasteiger partial charge in [0.25, 0.3) is 0 Å². The van der Waals surface area contributed by atoms with Gasteiger partial charge in [0, 0.05) is 6.42 Å². The van der Waals surface area contributed by atoms with Crippen molar-refractivity contribution in [1.82, 2.24) is 0 Å². The van der Waals surface area contributed by atoms with Crippen LogP contribution < -0.4 is 0 Å². The van der Waals surface area contributed by atoms with Gasteiger partial charge in [0.05, 0.1) is 26.7 Å². The fourth-order valence-electron chi connectivity index (χ4n) is 3.58. The largest absolute Gasteiger partial charge is 0.347 e. The average molecular weight is 256 g/mol. The molecule has 0 aromatic rings. The minimum absolute atomic E-state index is 0.289. The van der Waals surface area contributed by atoms with Crippen molar-refractivity contribution >= 4 is 0 Å². The van der Waals surface area contributed by atoms with Gasteiger partial charge in [0.1, 0.15) is 12.6 Å². The number of hydrogen-bond acceptors (Lipinski definition) is 2. The number of ether oxygens (including phenoxy) is 2. The van der Waals surface area contributed by atoms with E-state index < -0.39 is 0 Å². The first-order valence-electron chi connectivity index (χ1n) is 7.56. The molecule has 0 aromatic carbocycles. The van der Waals surface area contributed by atoms with Gasteiger partial charge in [0.15, 0.2) is 5.79 Å². The Hall–Kier alpha value is -0.120. The molecule has 0 radical (unpaired) electrons. The number of quaternary nitrogens is 1. The summed E-state index contributed by atoms with van der Waals surface area (Å²) in [7, 11) is 2.38. The Morgan fingerprint density at radius 3 is 2.50 bits per heavy atom. The molecule has 0 unspecified atom stereocenters. The third-order valence-corrected chi connectivity index (χ3v) is 4.31. The summed E-state index contributed by atoms with van der Waals surface area (Å²) in [6, 6.07) is 0. The summed E-state index contributed by atoms with van der Waals surface area (Å²) in [5, 5.41) is 0. The van der Waals surface area contributed by atoms with Gasteiger partial charge in [-0.2, -0.15) is 0 Å². The summed E-state index contributed by atoms with van der Waals surface area (Å²) >= 11 is 0. The van der Waals surface area contributed by atoms with E-state index in [4.69, 9.17) is 9.47 Å². The lowest BCUT2D eigenvalue weighted by atomic mass is 10.0. The fourth-order valence-corrected chi connectivity index (χ4v) is 3.58. The van der Waals surface area contributed by atoms with Gasteiger partial charge in [0.2, 0.25) is 0 Å². The topological polar surface area (TPSA) is 18.5 Å². The molecule has 2 heterocycles. The van der Waals surface area contributed by atoms with Crippen molar-refractivity contribution in [2.45, 2.75) is 58.3 Å². The summed E-state index contributed by atoms with van der Waals surface area (Å²) in [6.45, 7) is 11.1. The maximum Gasteiger partial charge on any atom is 0.166 e. The Kier molecular flexibility index (Phi) is 4.35. The Morgan fingerprint density at radius 1 is 1.22 bits per heavy atom. The predicted molar refractivity (Wildman–Crippen MR) is 73.3 cm³/mol. The number of nitrogens with zero attached hydrogens (tertiary/aromatic N) is 1. The zero-order chi connectivity index (χ0) is 13.2. The number of likely N-dealkylation sites (tertiary alicyclic amines) is 1. The molecule has 0 aliphatic carbocycles. The Bertz CT molecular complexity index is 274. The quantitative estimate of drug-likeness (QED) is 0.720. The summed E-state index contributed by atoms with van der Waals surface area (Å²) in [4.78, 5) is 0. The van der Waals surface area contributed by atoms with Crippen LogP contribution in [0.4, 0.5) is 0 Å². The van der Waals surface area contributed by atoms with E-state index in [1.807, 2.05) is 0 Å². The first-order chi connectivity index (χ1) is 8.41. The summed E-state index contributed by atoms with van der Waals surface area (Å²) in [5.74, 6) is 0.279. The van der Waals surface area contributed by atoms with Crippen LogP contribution in [0.15, 0.2) is 0 Å². The highest BCUT2D eigenvalue weighted by Crippen LogP contribution is 2.31. The van der Waals surface area contributed by atoms with Crippen LogP contribution in [-0.2, 0) is 9.47 Å². The van der Waals surface area contributed by atoms with Crippen LogP contribution in [0, 0.1) is 5.92 Å². The summed E-state index contributed by atoms with van der Waals surface area (Å²) < 4.78 is 13.3. The van der Waals surface area contributed by atoms with Crippen molar-refractivity contribution in [3.8, 4) is 0 Å². The van der Waals surface area contributed by atoms with Crippen LogP contribution in [0.25, 0.3) is 0 Å². The lowest BCUT2D eigenvalue weighted by Crippen LogP contribution is -2.52. The molecule has 2 saturated heterocycles. The lowest BCUT2D eigenvalue weighted by Gasteiger charge is -2.39. The Labute approximate surface area is 112 Å². The third kappa shape index (κ3) is 3.69. The lowest BCUT2D eigenvalue weighted by molar-refractivity contribution is -0.916. The molecule has 0 N–H and O–H groups in total. The number of likely N-dealkylation sites (N-methyl/N-ethyl adjacent to an activating group) is 1. The first kappa shape index (κ1) is 14.3. The van der Waals surface area contributed by atoms with E-state index in [1.165, 1.54) is 36.8 Å². The predicted octanol–water partition coefficient (Wildman–Crippen LogP) is 2.79. The van der Waals surface area contributed by atoms with Gasteiger partial charge in [-0.1, -0.05) is 13.8 Å². The smallest absolute Gasteiger partial charge is 0.166 e. The van der Waals surface area contributed by atoms with E-state index in [1.54, 1.807) is 0 Å². The molecule has 2 fully saturated rings. The van der Waals surface area contributed by atoms with E-state index in [-0.39, 0.29) is 11.9 Å². The number of rotatable bonds is 4. The number of hydrogen-bond donors (Lipinski definition) is 0. The van der Waals surface area contributed by atoms with Crippen molar-refractivity contribution in [2.75, 3.05) is 33.3 Å². The third-order valence-electron chi connectivity index (χ3n) is 4.31. The van der Waals surface area contributed by atoms with E-state index >= 15 is 0 Å². The zero-order valence-corrected chi connectivity index (χ0v) is 12.6. The van der Waals surface area contributed by atoms with Crippen molar-refractivity contribution < 1.29 is 14.0 Å². The molecule has 18 heavy (non-hydrogen) atoms. The molecule has 0 saturated carbocycles. The molecule has 2 aliphatic rings. The van der Waals surface area contributed by atoms with Crippen LogP contribution in [0.2, 0.25) is 0 Å². The maximum atomic E-state index is 6.19. The minimum atomic E-state index is -0.340. The molecular formula is C15H30NO2+. The Balaban J connectivity index is 1.85. The van der Waals surface area contributed by atoms with Crippen LogP contribution in [0.3, 0.4) is 0 Å². The maximum absolute atomic E-state index is 6.19. The first-order valence-corrected chi connectivity index (χ1v) is 7.56. The van der Waals surface area contributed by atoms with Crippen LogP contribution in [-0.4, -0.2) is 49.7 Å². The average Bonchev–Trinajstić information content (AvgIpc) is 2.58. The molecule has 3 heteroatoms.